The van der Waals surface area contributed by atoms with Gasteiger partial charge in [0, 0.05) is 37.7 Å². The van der Waals surface area contributed by atoms with Crippen LogP contribution in [0.4, 0.5) is 4.48 Å². The number of aromatic nitrogens is 3. The predicted octanol–water partition coefficient (Wildman–Crippen LogP) is 2.06. The van der Waals surface area contributed by atoms with Gasteiger partial charge >= 0.3 is 0 Å². The molecule has 0 radical (unpaired) electrons. The van der Waals surface area contributed by atoms with Crippen LogP contribution < -0.4 is 5.43 Å². The molecule has 1 aromatic heterocycles. The molecule has 0 saturated heterocycles. The van der Waals surface area contributed by atoms with E-state index in [0.29, 0.717) is 23.9 Å². The zero-order chi connectivity index (χ0) is 22.4. The van der Waals surface area contributed by atoms with Crippen LogP contribution in [0.1, 0.15) is 35.2 Å². The van der Waals surface area contributed by atoms with Crippen LogP contribution in [0.2, 0.25) is 0 Å². The highest BCUT2D eigenvalue weighted by atomic mass is 19.2. The summed E-state index contributed by atoms with van der Waals surface area (Å²) in [5.41, 5.74) is 7.88. The van der Waals surface area contributed by atoms with Crippen LogP contribution in [0.3, 0.4) is 0 Å². The first kappa shape index (κ1) is 20.7. The number of nitrogens with zero attached hydrogens (tertiary/aromatic N) is 6. The van der Waals surface area contributed by atoms with Gasteiger partial charge in [-0.1, -0.05) is 28.7 Å². The number of aliphatic imine (C=N–C) groups is 1. The highest BCUT2D eigenvalue weighted by Gasteiger charge is 2.44. The summed E-state index contributed by atoms with van der Waals surface area (Å²) in [7, 11) is 5.95. The second-order valence-corrected chi connectivity index (χ2v) is 8.80. The molecule has 3 aliphatic rings. The van der Waals surface area contributed by atoms with E-state index < -0.39 is 0 Å². The monoisotopic (exact) mass is 435 g/mol. The summed E-state index contributed by atoms with van der Waals surface area (Å²) in [6.45, 7) is 1.23. The van der Waals surface area contributed by atoms with E-state index >= 15 is 0 Å². The predicted molar refractivity (Wildman–Crippen MR) is 118 cm³/mol. The molecular formula is C23H26FN7O. The van der Waals surface area contributed by atoms with Crippen LogP contribution in [-0.4, -0.2) is 63.6 Å². The van der Waals surface area contributed by atoms with E-state index in [1.165, 1.54) is 23.5 Å². The summed E-state index contributed by atoms with van der Waals surface area (Å²) in [6.07, 6.45) is 3.59. The van der Waals surface area contributed by atoms with Gasteiger partial charge in [0.15, 0.2) is 5.78 Å². The molecule has 2 atom stereocenters. The third-order valence-corrected chi connectivity index (χ3v) is 6.31. The van der Waals surface area contributed by atoms with Crippen molar-refractivity contribution in [3.05, 3.63) is 70.5 Å². The Hall–Kier alpha value is -3.17. The molecule has 1 N–H and O–H groups in total. The van der Waals surface area contributed by atoms with Gasteiger partial charge in [-0.25, -0.2) is 10.4 Å². The van der Waals surface area contributed by atoms with Gasteiger partial charge in [0.05, 0.1) is 11.6 Å². The van der Waals surface area contributed by atoms with Gasteiger partial charge in [0.25, 0.3) is 0 Å². The Morgan fingerprint density at radius 3 is 2.72 bits per heavy atom. The van der Waals surface area contributed by atoms with E-state index in [-0.39, 0.29) is 29.9 Å². The molecule has 0 saturated carbocycles. The van der Waals surface area contributed by atoms with E-state index in [4.69, 9.17) is 4.99 Å². The SMILES string of the molecule is CN(C)Cc1ccc(C2CC3=C4C(=CC(=O)CN=C4C2c2ncnn2C)N(F)NC3)cc1. The molecule has 1 aliphatic carbocycles. The minimum absolute atomic E-state index is 0.00764. The third-order valence-electron chi connectivity index (χ3n) is 6.31. The van der Waals surface area contributed by atoms with Gasteiger partial charge in [0.1, 0.15) is 24.4 Å². The van der Waals surface area contributed by atoms with Crippen molar-refractivity contribution in [1.29, 1.82) is 0 Å². The fourth-order valence-corrected chi connectivity index (χ4v) is 4.94. The minimum atomic E-state index is -0.234. The van der Waals surface area contributed by atoms with Crippen LogP contribution in [-0.2, 0) is 18.4 Å². The number of benzene rings is 1. The number of allylic oxidation sites excluding steroid dienone is 1. The number of ketones is 1. The molecule has 3 heterocycles. The van der Waals surface area contributed by atoms with Crippen LogP contribution in [0.15, 0.2) is 58.5 Å². The molecular weight excluding hydrogens is 409 g/mol. The Morgan fingerprint density at radius 2 is 2.03 bits per heavy atom. The van der Waals surface area contributed by atoms with Crippen molar-refractivity contribution in [2.75, 3.05) is 27.2 Å². The maximum atomic E-state index is 14.7. The largest absolute Gasteiger partial charge is 0.305 e. The van der Waals surface area contributed by atoms with E-state index in [1.807, 2.05) is 21.1 Å². The molecule has 0 bridgehead atoms. The van der Waals surface area contributed by atoms with E-state index in [1.54, 1.807) is 4.68 Å². The fraction of sp³-hybridized carbons (Fsp3) is 0.391. The lowest BCUT2D eigenvalue weighted by molar-refractivity contribution is -0.113. The number of halogens is 1. The maximum Gasteiger partial charge on any atom is 0.179 e. The summed E-state index contributed by atoms with van der Waals surface area (Å²) >= 11 is 0. The standard InChI is InChI=1S/C23H26FN7O/c1-29(2)12-14-4-6-15(7-5-14)18-8-16-10-27-31(24)19-9-17(32)11-25-22(20(16)19)21(18)23-26-13-28-30(23)3/h4-7,9,13,18,21,27H,8,10-12H2,1-3H3. The molecule has 8 nitrogen and oxygen atoms in total. The number of hydrogen-bond donors (Lipinski definition) is 1. The molecule has 0 amide bonds. The first-order chi connectivity index (χ1) is 15.4. The number of rotatable bonds is 4. The highest BCUT2D eigenvalue weighted by molar-refractivity contribution is 6.13. The lowest BCUT2D eigenvalue weighted by atomic mass is 9.69. The second-order valence-electron chi connectivity index (χ2n) is 8.80. The number of hydrazine groups is 1. The first-order valence-corrected chi connectivity index (χ1v) is 10.7. The number of hydrogen-bond acceptors (Lipinski definition) is 7. The molecule has 1 aromatic carbocycles. The Morgan fingerprint density at radius 1 is 1.25 bits per heavy atom. The smallest absolute Gasteiger partial charge is 0.179 e. The van der Waals surface area contributed by atoms with Gasteiger partial charge in [-0.3, -0.25) is 14.5 Å². The van der Waals surface area contributed by atoms with E-state index in [2.05, 4.69) is 44.7 Å². The average molecular weight is 436 g/mol. The Bertz CT molecular complexity index is 1150. The number of carbonyl (C=O) groups is 1. The van der Waals surface area contributed by atoms with Crippen molar-refractivity contribution in [2.24, 2.45) is 12.0 Å². The normalized spacial score (nSPS) is 23.2. The Kier molecular flexibility index (Phi) is 5.22. The Balaban J connectivity index is 1.65. The lowest BCUT2D eigenvalue weighted by Gasteiger charge is -2.39. The molecule has 32 heavy (non-hydrogen) atoms. The molecule has 0 fully saturated rings. The van der Waals surface area contributed by atoms with Crippen LogP contribution >= 0.6 is 0 Å². The highest BCUT2D eigenvalue weighted by Crippen LogP contribution is 2.47. The second kappa shape index (κ2) is 8.07. The topological polar surface area (TPSA) is 78.7 Å². The fourth-order valence-electron chi connectivity index (χ4n) is 4.94. The Labute approximate surface area is 186 Å². The molecule has 0 spiro atoms. The summed E-state index contributed by atoms with van der Waals surface area (Å²) in [5.74, 6) is 0.352. The number of nitrogens with one attached hydrogen (secondary N) is 1. The van der Waals surface area contributed by atoms with Gasteiger partial charge in [-0.05, 0) is 37.2 Å². The summed E-state index contributed by atoms with van der Waals surface area (Å²) < 4.78 is 16.4. The molecule has 9 heteroatoms. The summed E-state index contributed by atoms with van der Waals surface area (Å²) in [6, 6.07) is 8.63. The van der Waals surface area contributed by atoms with Crippen molar-refractivity contribution in [1.82, 2.24) is 30.3 Å². The third kappa shape index (κ3) is 3.57. The van der Waals surface area contributed by atoms with Crippen molar-refractivity contribution < 1.29 is 9.28 Å². The van der Waals surface area contributed by atoms with Crippen LogP contribution in [0.5, 0.6) is 0 Å². The van der Waals surface area contributed by atoms with Gasteiger partial charge in [-0.15, -0.1) is 5.23 Å². The van der Waals surface area contributed by atoms with Crippen molar-refractivity contribution in [2.45, 2.75) is 24.8 Å². The van der Waals surface area contributed by atoms with Crippen molar-refractivity contribution in [3.8, 4) is 0 Å². The molecule has 2 aromatic rings. The maximum absolute atomic E-state index is 14.7. The first-order valence-electron chi connectivity index (χ1n) is 10.7. The van der Waals surface area contributed by atoms with Crippen molar-refractivity contribution in [3.63, 3.8) is 0 Å². The molecule has 2 aliphatic heterocycles. The average Bonchev–Trinajstić information content (AvgIpc) is 3.10. The quantitative estimate of drug-likeness (QED) is 0.741. The summed E-state index contributed by atoms with van der Waals surface area (Å²) in [5, 5.41) is 4.73. The van der Waals surface area contributed by atoms with E-state index in [0.717, 1.165) is 23.5 Å². The molecule has 2 unspecified atom stereocenters. The molecule has 166 valence electrons. The van der Waals surface area contributed by atoms with Crippen molar-refractivity contribution >= 4 is 11.5 Å². The van der Waals surface area contributed by atoms with Gasteiger partial charge < -0.3 is 4.90 Å². The lowest BCUT2D eigenvalue weighted by Crippen LogP contribution is -2.43. The minimum Gasteiger partial charge on any atom is -0.305 e. The van der Waals surface area contributed by atoms with Gasteiger partial charge in [-0.2, -0.15) is 5.10 Å². The number of aryl methyl sites for hydroxylation is 1. The zero-order valence-electron chi connectivity index (χ0n) is 18.4. The molecule has 5 rings (SSSR count). The van der Waals surface area contributed by atoms with Crippen LogP contribution in [0, 0.1) is 0 Å². The van der Waals surface area contributed by atoms with Gasteiger partial charge in [0.2, 0.25) is 0 Å². The number of carbonyl (C=O) groups excluding carboxylic acids is 1. The zero-order valence-corrected chi connectivity index (χ0v) is 18.4. The summed E-state index contributed by atoms with van der Waals surface area (Å²) in [4.78, 5) is 23.7. The van der Waals surface area contributed by atoms with E-state index in [9.17, 15) is 9.28 Å². The van der Waals surface area contributed by atoms with Crippen LogP contribution in [0.25, 0.3) is 0 Å².